The monoisotopic (exact) mass is 360 g/mol. The molecule has 0 fully saturated rings. The van der Waals surface area contributed by atoms with E-state index in [1.165, 1.54) is 0 Å². The molecule has 128 valence electrons. The Morgan fingerprint density at radius 3 is 2.50 bits per heavy atom. The standard InChI is InChI=1S/C20H16N4OS/c25-18-14-17(16-11-5-2-6-12-16)24-19(21-18)22-23-20(24)26-13-7-10-15-8-3-1-4-9-15/h1-12,14H,13H2,(H,21,22,25)/b10-7+. The molecule has 5 nitrogen and oxygen atoms in total. The van der Waals surface area contributed by atoms with Crippen molar-refractivity contribution in [2.24, 2.45) is 0 Å². The first-order valence-corrected chi connectivity index (χ1v) is 9.18. The van der Waals surface area contributed by atoms with Gasteiger partial charge in [-0.1, -0.05) is 84.6 Å². The summed E-state index contributed by atoms with van der Waals surface area (Å²) in [6.07, 6.45) is 4.17. The molecule has 26 heavy (non-hydrogen) atoms. The molecular formula is C20H16N4OS. The smallest absolute Gasteiger partial charge is 0.252 e. The fraction of sp³-hybridized carbons (Fsp3) is 0.0500. The normalized spacial score (nSPS) is 11.4. The van der Waals surface area contributed by atoms with E-state index in [0.717, 1.165) is 27.7 Å². The van der Waals surface area contributed by atoms with E-state index in [-0.39, 0.29) is 5.56 Å². The van der Waals surface area contributed by atoms with E-state index in [2.05, 4.69) is 39.5 Å². The first-order valence-electron chi connectivity index (χ1n) is 8.19. The van der Waals surface area contributed by atoms with Crippen LogP contribution in [0.5, 0.6) is 0 Å². The van der Waals surface area contributed by atoms with Crippen molar-refractivity contribution in [3.05, 3.63) is 88.7 Å². The summed E-state index contributed by atoms with van der Waals surface area (Å²) in [7, 11) is 0. The number of fused-ring (bicyclic) bond motifs is 1. The minimum absolute atomic E-state index is 0.190. The minimum atomic E-state index is -0.190. The summed E-state index contributed by atoms with van der Waals surface area (Å²) in [5, 5.41) is 9.10. The summed E-state index contributed by atoms with van der Waals surface area (Å²) in [6.45, 7) is 0. The number of aromatic amines is 1. The number of hydrogen-bond donors (Lipinski definition) is 1. The molecule has 2 aromatic carbocycles. The van der Waals surface area contributed by atoms with E-state index in [1.54, 1.807) is 17.8 Å². The number of nitrogens with one attached hydrogen (secondary N) is 1. The van der Waals surface area contributed by atoms with Crippen LogP contribution < -0.4 is 5.56 Å². The van der Waals surface area contributed by atoms with Crippen LogP contribution in [0, 0.1) is 0 Å². The van der Waals surface area contributed by atoms with Crippen molar-refractivity contribution >= 4 is 23.6 Å². The highest BCUT2D eigenvalue weighted by Crippen LogP contribution is 2.24. The second-order valence-electron chi connectivity index (χ2n) is 5.65. The molecule has 1 N–H and O–H groups in total. The van der Waals surface area contributed by atoms with Crippen LogP contribution >= 0.6 is 11.8 Å². The quantitative estimate of drug-likeness (QED) is 0.549. The number of hydrogen-bond acceptors (Lipinski definition) is 4. The minimum Gasteiger partial charge on any atom is -0.291 e. The van der Waals surface area contributed by atoms with Gasteiger partial charge in [-0.3, -0.25) is 14.2 Å². The van der Waals surface area contributed by atoms with Gasteiger partial charge in [-0.25, -0.2) is 0 Å². The first kappa shape index (κ1) is 16.4. The molecule has 0 bridgehead atoms. The third kappa shape index (κ3) is 3.45. The second-order valence-corrected chi connectivity index (χ2v) is 6.64. The highest BCUT2D eigenvalue weighted by molar-refractivity contribution is 7.99. The highest BCUT2D eigenvalue weighted by Gasteiger charge is 2.12. The van der Waals surface area contributed by atoms with Crippen LogP contribution in [0.3, 0.4) is 0 Å². The molecule has 0 unspecified atom stereocenters. The van der Waals surface area contributed by atoms with Gasteiger partial charge in [0.1, 0.15) is 0 Å². The zero-order chi connectivity index (χ0) is 17.8. The van der Waals surface area contributed by atoms with Crippen molar-refractivity contribution in [2.75, 3.05) is 5.75 Å². The molecule has 0 radical (unpaired) electrons. The average molecular weight is 360 g/mol. The maximum absolute atomic E-state index is 11.9. The largest absolute Gasteiger partial charge is 0.291 e. The number of H-pyrrole nitrogens is 1. The van der Waals surface area contributed by atoms with E-state index in [0.29, 0.717) is 5.78 Å². The van der Waals surface area contributed by atoms with Gasteiger partial charge in [0.05, 0.1) is 5.69 Å². The van der Waals surface area contributed by atoms with Gasteiger partial charge >= 0.3 is 0 Å². The van der Waals surface area contributed by atoms with E-state index in [1.807, 2.05) is 52.9 Å². The number of aromatic nitrogens is 4. The van der Waals surface area contributed by atoms with Crippen molar-refractivity contribution in [3.63, 3.8) is 0 Å². The predicted octanol–water partition coefficient (Wildman–Crippen LogP) is 3.89. The zero-order valence-electron chi connectivity index (χ0n) is 13.9. The lowest BCUT2D eigenvalue weighted by Gasteiger charge is -2.06. The maximum atomic E-state index is 11.9. The molecule has 0 amide bonds. The van der Waals surface area contributed by atoms with Gasteiger partial charge in [-0.15, -0.1) is 10.2 Å². The molecule has 4 rings (SSSR count). The molecule has 2 heterocycles. The first-order chi connectivity index (χ1) is 12.8. The van der Waals surface area contributed by atoms with Crippen LogP contribution in [0.4, 0.5) is 0 Å². The summed E-state index contributed by atoms with van der Waals surface area (Å²) in [5.74, 6) is 1.20. The van der Waals surface area contributed by atoms with Crippen LogP contribution in [0.15, 0.2) is 82.8 Å². The van der Waals surface area contributed by atoms with Crippen molar-refractivity contribution in [1.82, 2.24) is 19.6 Å². The summed E-state index contributed by atoms with van der Waals surface area (Å²) in [5.41, 5.74) is 2.70. The van der Waals surface area contributed by atoms with Crippen molar-refractivity contribution in [1.29, 1.82) is 0 Å². The number of rotatable bonds is 5. The molecule has 0 aliphatic heterocycles. The van der Waals surface area contributed by atoms with E-state index < -0.39 is 0 Å². The number of thioether (sulfide) groups is 1. The van der Waals surface area contributed by atoms with E-state index >= 15 is 0 Å². The SMILES string of the molecule is O=c1cc(-c2ccccc2)n2c(SC/C=C/c3ccccc3)nnc2[nH]1. The third-order valence-corrected chi connectivity index (χ3v) is 4.75. The lowest BCUT2D eigenvalue weighted by atomic mass is 10.1. The van der Waals surface area contributed by atoms with Gasteiger partial charge in [0.2, 0.25) is 5.78 Å². The summed E-state index contributed by atoms with van der Waals surface area (Å²) >= 11 is 1.57. The fourth-order valence-corrected chi connectivity index (χ4v) is 3.44. The predicted molar refractivity (Wildman–Crippen MR) is 105 cm³/mol. The molecule has 0 saturated carbocycles. The zero-order valence-corrected chi connectivity index (χ0v) is 14.7. The summed E-state index contributed by atoms with van der Waals surface area (Å²) < 4.78 is 1.89. The summed E-state index contributed by atoms with van der Waals surface area (Å²) in [6, 6.07) is 21.5. The molecule has 0 spiro atoms. The molecule has 0 atom stereocenters. The van der Waals surface area contributed by atoms with E-state index in [4.69, 9.17) is 0 Å². The Morgan fingerprint density at radius 2 is 1.73 bits per heavy atom. The number of benzene rings is 2. The molecule has 6 heteroatoms. The lowest BCUT2D eigenvalue weighted by molar-refractivity contribution is 0.923. The Kier molecular flexibility index (Phi) is 4.66. The fourth-order valence-electron chi connectivity index (χ4n) is 2.69. The van der Waals surface area contributed by atoms with Gasteiger partial charge in [-0.2, -0.15) is 0 Å². The van der Waals surface area contributed by atoms with Crippen molar-refractivity contribution in [3.8, 4) is 11.3 Å². The Balaban J connectivity index is 1.64. The third-order valence-electron chi connectivity index (χ3n) is 3.87. The Bertz CT molecular complexity index is 1100. The van der Waals surface area contributed by atoms with Crippen LogP contribution in [0.1, 0.15) is 5.56 Å². The Morgan fingerprint density at radius 1 is 1.00 bits per heavy atom. The average Bonchev–Trinajstić information content (AvgIpc) is 3.09. The topological polar surface area (TPSA) is 63.1 Å². The van der Waals surface area contributed by atoms with Crippen molar-refractivity contribution < 1.29 is 0 Å². The van der Waals surface area contributed by atoms with Gasteiger partial charge in [0.25, 0.3) is 5.56 Å². The van der Waals surface area contributed by atoms with E-state index in [9.17, 15) is 4.79 Å². The van der Waals surface area contributed by atoms with Crippen LogP contribution in [-0.2, 0) is 0 Å². The summed E-state index contributed by atoms with van der Waals surface area (Å²) in [4.78, 5) is 14.7. The molecule has 0 aliphatic carbocycles. The van der Waals surface area contributed by atoms with Crippen molar-refractivity contribution in [2.45, 2.75) is 5.16 Å². The molecule has 4 aromatic rings. The Hall–Kier alpha value is -3.12. The van der Waals surface area contributed by atoms with Crippen LogP contribution in [0.2, 0.25) is 0 Å². The molecule has 0 aliphatic rings. The van der Waals surface area contributed by atoms with Gasteiger partial charge in [0.15, 0.2) is 5.16 Å². The van der Waals surface area contributed by atoms with Crippen LogP contribution in [-0.4, -0.2) is 25.3 Å². The molecular weight excluding hydrogens is 344 g/mol. The molecule has 0 saturated heterocycles. The molecule has 2 aromatic heterocycles. The Labute approximate surface area is 154 Å². The van der Waals surface area contributed by atoms with Gasteiger partial charge in [0, 0.05) is 11.8 Å². The van der Waals surface area contributed by atoms with Crippen LogP contribution in [0.25, 0.3) is 23.1 Å². The maximum Gasteiger partial charge on any atom is 0.252 e. The number of nitrogens with zero attached hydrogens (tertiary/aromatic N) is 3. The second kappa shape index (κ2) is 7.41. The highest BCUT2D eigenvalue weighted by atomic mass is 32.2. The van der Waals surface area contributed by atoms with Gasteiger partial charge in [-0.05, 0) is 11.1 Å². The van der Waals surface area contributed by atoms with Gasteiger partial charge < -0.3 is 0 Å². The lowest BCUT2D eigenvalue weighted by Crippen LogP contribution is -2.09.